The number of amides is 1. The highest BCUT2D eigenvalue weighted by atomic mass is 35.6. The van der Waals surface area contributed by atoms with Gasteiger partial charge in [0, 0.05) is 0 Å². The number of halogens is 3. The van der Waals surface area contributed by atoms with Crippen LogP contribution in [-0.4, -0.2) is 38.8 Å². The molecule has 1 atom stereocenters. The molecule has 0 aliphatic heterocycles. The second-order valence-corrected chi connectivity index (χ2v) is 8.63. The number of carbonyl (C=O) groups is 2. The zero-order valence-corrected chi connectivity index (χ0v) is 18.4. The maximum absolute atomic E-state index is 11.9. The lowest BCUT2D eigenvalue weighted by molar-refractivity contribution is -0.140. The van der Waals surface area contributed by atoms with Crippen LogP contribution in [0.4, 0.5) is 0 Å². The third-order valence-electron chi connectivity index (χ3n) is 4.08. The summed E-state index contributed by atoms with van der Waals surface area (Å²) in [6.07, 6.45) is 10.5. The number of esters is 1. The second-order valence-electron chi connectivity index (χ2n) is 6.35. The van der Waals surface area contributed by atoms with Crippen LogP contribution in [0.25, 0.3) is 5.53 Å². The van der Waals surface area contributed by atoms with Crippen LogP contribution in [-0.2, 0) is 14.3 Å². The number of alkyl halides is 3. The summed E-state index contributed by atoms with van der Waals surface area (Å²) in [5.74, 6) is -1.70. The molecular formula is C18H30Cl3N3O3. The van der Waals surface area contributed by atoms with E-state index >= 15 is 0 Å². The van der Waals surface area contributed by atoms with Gasteiger partial charge in [0.05, 0.1) is 6.61 Å². The van der Waals surface area contributed by atoms with Gasteiger partial charge in [0.2, 0.25) is 0 Å². The summed E-state index contributed by atoms with van der Waals surface area (Å²) in [5.41, 5.74) is 8.88. The lowest BCUT2D eigenvalue weighted by atomic mass is 10.0. The smallest absolute Gasteiger partial charge is 0.419 e. The Kier molecular flexibility index (Phi) is 14.7. The van der Waals surface area contributed by atoms with Crippen LogP contribution in [0.15, 0.2) is 0 Å². The number of carbonyl (C=O) groups excluding carboxylic acids is 2. The summed E-state index contributed by atoms with van der Waals surface area (Å²) in [6.45, 7) is 3.93. The van der Waals surface area contributed by atoms with Gasteiger partial charge in [-0.1, -0.05) is 99.5 Å². The molecule has 0 aliphatic carbocycles. The van der Waals surface area contributed by atoms with Crippen molar-refractivity contribution >= 4 is 52.4 Å². The quantitative estimate of drug-likeness (QED) is 0.102. The zero-order valence-electron chi connectivity index (χ0n) is 16.1. The van der Waals surface area contributed by atoms with Gasteiger partial charge in [-0.3, -0.25) is 4.79 Å². The van der Waals surface area contributed by atoms with Crippen LogP contribution in [0.1, 0.15) is 78.1 Å². The molecule has 156 valence electrons. The fourth-order valence-corrected chi connectivity index (χ4v) is 2.80. The minimum Gasteiger partial charge on any atom is -0.457 e. The van der Waals surface area contributed by atoms with Crippen molar-refractivity contribution < 1.29 is 19.1 Å². The molecule has 0 saturated carbocycles. The minimum absolute atomic E-state index is 0.112. The normalized spacial score (nSPS) is 12.2. The first-order valence-electron chi connectivity index (χ1n) is 9.54. The summed E-state index contributed by atoms with van der Waals surface area (Å²) < 4.78 is 2.68. The Labute approximate surface area is 176 Å². The highest BCUT2D eigenvalue weighted by Gasteiger charge is 2.38. The molecule has 1 unspecified atom stereocenters. The number of rotatable bonds is 14. The summed E-state index contributed by atoms with van der Waals surface area (Å²) in [6, 6.07) is -0.887. The highest BCUT2D eigenvalue weighted by molar-refractivity contribution is 6.76. The Morgan fingerprint density at radius 3 is 1.96 bits per heavy atom. The average molecular weight is 443 g/mol. The van der Waals surface area contributed by atoms with Gasteiger partial charge in [-0.2, -0.15) is 4.79 Å². The Bertz CT molecular complexity index is 504. The first-order valence-corrected chi connectivity index (χ1v) is 10.7. The predicted octanol–water partition coefficient (Wildman–Crippen LogP) is 5.00. The van der Waals surface area contributed by atoms with E-state index in [4.69, 9.17) is 39.5 Å². The standard InChI is InChI=1S/C18H30Cl3N3O3/c1-3-5-6-7-8-9-10-11-12-13-14(23-17(26)18(19,20)21)15(24-22)16(25)27-4-2/h14H,3-13H2,1-2H3,(H,23,26). The summed E-state index contributed by atoms with van der Waals surface area (Å²) >= 11 is 16.7. The highest BCUT2D eigenvalue weighted by Crippen LogP contribution is 2.26. The monoisotopic (exact) mass is 441 g/mol. The fourth-order valence-electron chi connectivity index (χ4n) is 2.63. The van der Waals surface area contributed by atoms with Gasteiger partial charge in [-0.15, -0.1) is 0 Å². The van der Waals surface area contributed by atoms with Crippen molar-refractivity contribution in [1.29, 1.82) is 0 Å². The first-order chi connectivity index (χ1) is 12.8. The second kappa shape index (κ2) is 15.2. The topological polar surface area (TPSA) is 91.8 Å². The number of nitrogens with zero attached hydrogens (tertiary/aromatic N) is 2. The molecule has 1 N–H and O–H groups in total. The van der Waals surface area contributed by atoms with Crippen LogP contribution in [0.5, 0.6) is 0 Å². The SMILES string of the molecule is CCCCCCCCCCCC(NC(=O)C(Cl)(Cl)Cl)C(=[N+]=[N-])C(=O)OCC. The molecule has 0 bridgehead atoms. The Morgan fingerprint density at radius 1 is 1.00 bits per heavy atom. The van der Waals surface area contributed by atoms with Crippen molar-refractivity contribution in [1.82, 2.24) is 5.32 Å². The third kappa shape index (κ3) is 12.3. The average Bonchev–Trinajstić information content (AvgIpc) is 2.60. The van der Waals surface area contributed by atoms with Crippen molar-refractivity contribution in [3.8, 4) is 0 Å². The fraction of sp³-hybridized carbons (Fsp3) is 0.833. The van der Waals surface area contributed by atoms with E-state index in [0.29, 0.717) is 6.42 Å². The molecule has 0 saturated heterocycles. The molecule has 1 amide bonds. The molecular weight excluding hydrogens is 413 g/mol. The molecule has 9 heteroatoms. The molecule has 0 heterocycles. The summed E-state index contributed by atoms with van der Waals surface area (Å²) in [5, 5.41) is 2.45. The van der Waals surface area contributed by atoms with E-state index in [1.807, 2.05) is 0 Å². The largest absolute Gasteiger partial charge is 0.457 e. The van der Waals surface area contributed by atoms with E-state index in [9.17, 15) is 15.1 Å². The van der Waals surface area contributed by atoms with Crippen LogP contribution in [0.2, 0.25) is 0 Å². The van der Waals surface area contributed by atoms with Crippen LogP contribution >= 0.6 is 34.8 Å². The molecule has 0 spiro atoms. The van der Waals surface area contributed by atoms with Crippen molar-refractivity contribution in [3.63, 3.8) is 0 Å². The van der Waals surface area contributed by atoms with E-state index < -0.39 is 21.7 Å². The lowest BCUT2D eigenvalue weighted by Crippen LogP contribution is -2.48. The van der Waals surface area contributed by atoms with E-state index in [1.54, 1.807) is 6.92 Å². The van der Waals surface area contributed by atoms with Crippen molar-refractivity contribution in [2.75, 3.05) is 6.61 Å². The van der Waals surface area contributed by atoms with Gasteiger partial charge >= 0.3 is 11.7 Å². The maximum Gasteiger partial charge on any atom is 0.419 e. The zero-order chi connectivity index (χ0) is 20.7. The maximum atomic E-state index is 11.9. The molecule has 0 aromatic heterocycles. The van der Waals surface area contributed by atoms with Crippen LogP contribution in [0, 0.1) is 0 Å². The van der Waals surface area contributed by atoms with Crippen LogP contribution < -0.4 is 5.32 Å². The van der Waals surface area contributed by atoms with Gasteiger partial charge in [-0.25, -0.2) is 4.79 Å². The van der Waals surface area contributed by atoms with Crippen LogP contribution in [0.3, 0.4) is 0 Å². The van der Waals surface area contributed by atoms with Gasteiger partial charge in [0.15, 0.2) is 0 Å². The number of unbranched alkanes of at least 4 members (excludes halogenated alkanes) is 8. The Balaban J connectivity index is 4.57. The number of hydrogen-bond donors (Lipinski definition) is 1. The summed E-state index contributed by atoms with van der Waals surface area (Å²) in [4.78, 5) is 26.9. The number of nitrogens with one attached hydrogen (secondary N) is 1. The summed E-state index contributed by atoms with van der Waals surface area (Å²) in [7, 11) is 0. The third-order valence-corrected chi connectivity index (χ3v) is 4.60. The number of ether oxygens (including phenoxy) is 1. The van der Waals surface area contributed by atoms with Crippen molar-refractivity contribution in [2.24, 2.45) is 0 Å². The minimum atomic E-state index is -2.17. The molecule has 0 radical (unpaired) electrons. The molecule has 6 nitrogen and oxygen atoms in total. The number of hydrogen-bond acceptors (Lipinski definition) is 3. The van der Waals surface area contributed by atoms with E-state index in [1.165, 1.54) is 32.1 Å². The van der Waals surface area contributed by atoms with Crippen molar-refractivity contribution in [3.05, 3.63) is 5.53 Å². The van der Waals surface area contributed by atoms with Gasteiger partial charge in [-0.05, 0) is 13.3 Å². The lowest BCUT2D eigenvalue weighted by Gasteiger charge is -2.17. The van der Waals surface area contributed by atoms with Gasteiger partial charge in [0.1, 0.15) is 6.04 Å². The molecule has 0 aromatic carbocycles. The van der Waals surface area contributed by atoms with E-state index in [0.717, 1.165) is 25.7 Å². The Hall–Kier alpha value is -0.810. The first kappa shape index (κ1) is 26.2. The van der Waals surface area contributed by atoms with E-state index in [2.05, 4.69) is 17.0 Å². The molecule has 0 fully saturated rings. The molecule has 0 aliphatic rings. The van der Waals surface area contributed by atoms with Crippen molar-refractivity contribution in [2.45, 2.75) is 87.9 Å². The molecule has 0 rings (SSSR count). The van der Waals surface area contributed by atoms with Gasteiger partial charge < -0.3 is 15.6 Å². The predicted molar refractivity (Wildman–Crippen MR) is 109 cm³/mol. The Morgan fingerprint density at radius 2 is 1.52 bits per heavy atom. The van der Waals surface area contributed by atoms with Gasteiger partial charge in [0.25, 0.3) is 9.70 Å². The molecule has 0 aromatic rings. The molecule has 27 heavy (non-hydrogen) atoms. The van der Waals surface area contributed by atoms with E-state index in [-0.39, 0.29) is 12.3 Å².